The van der Waals surface area contributed by atoms with Gasteiger partial charge in [-0.1, -0.05) is 18.2 Å². The van der Waals surface area contributed by atoms with Gasteiger partial charge in [-0.3, -0.25) is 4.79 Å². The number of benzene rings is 1. The number of hydrazone groups is 1. The number of carbonyl (C=O) groups excluding carboxylic acids is 3. The monoisotopic (exact) mass is 511 g/mol. The molecule has 3 rings (SSSR count). The van der Waals surface area contributed by atoms with Gasteiger partial charge < -0.3 is 19.5 Å². The zero-order valence-corrected chi connectivity index (χ0v) is 21.4. The van der Waals surface area contributed by atoms with E-state index in [-0.39, 0.29) is 19.8 Å². The molecule has 0 bridgehead atoms. The van der Waals surface area contributed by atoms with Crippen molar-refractivity contribution in [2.24, 2.45) is 5.10 Å². The van der Waals surface area contributed by atoms with E-state index < -0.39 is 23.8 Å². The van der Waals surface area contributed by atoms with Crippen LogP contribution < -0.4 is 15.5 Å². The Morgan fingerprint density at radius 3 is 2.14 bits per heavy atom. The van der Waals surface area contributed by atoms with Crippen molar-refractivity contribution in [3.8, 4) is 5.75 Å². The molecule has 0 unspecified atom stereocenters. The van der Waals surface area contributed by atoms with Crippen LogP contribution in [0.5, 0.6) is 5.75 Å². The number of rotatable bonds is 10. The number of nitrogens with zero attached hydrogens (tertiary/aromatic N) is 1. The maximum Gasteiger partial charge on any atom is 0.336 e. The van der Waals surface area contributed by atoms with Gasteiger partial charge in [-0.2, -0.15) is 5.10 Å². The molecule has 0 saturated heterocycles. The highest BCUT2D eigenvalue weighted by atomic mass is 32.1. The molecule has 190 valence electrons. The first-order chi connectivity index (χ1) is 17.3. The van der Waals surface area contributed by atoms with Crippen LogP contribution in [0.25, 0.3) is 0 Å². The standard InChI is InChI=1S/C26H29N3O6S/c1-5-33-25(31)22-16(3)28-17(4)23(26(32)34-6-2)24(22)18-9-11-19(12-10-18)35-15-21(30)29-27-14-20-8-7-13-36-20/h7-14,24,28H,5-6,15H2,1-4H3,(H,29,30)/b27-14+. The third-order valence-electron chi connectivity index (χ3n) is 5.26. The third-order valence-corrected chi connectivity index (χ3v) is 6.07. The molecular weight excluding hydrogens is 482 g/mol. The number of ether oxygens (including phenoxy) is 3. The van der Waals surface area contributed by atoms with E-state index in [1.807, 2.05) is 17.5 Å². The number of hydrogen-bond donors (Lipinski definition) is 2. The zero-order chi connectivity index (χ0) is 26.1. The lowest BCUT2D eigenvalue weighted by atomic mass is 9.80. The predicted octanol–water partition coefficient (Wildman–Crippen LogP) is 3.64. The van der Waals surface area contributed by atoms with Crippen molar-refractivity contribution >= 4 is 35.4 Å². The Labute approximate surface area is 213 Å². The summed E-state index contributed by atoms with van der Waals surface area (Å²) in [7, 11) is 0. The maximum absolute atomic E-state index is 12.9. The number of esters is 2. The van der Waals surface area contributed by atoms with E-state index >= 15 is 0 Å². The van der Waals surface area contributed by atoms with Gasteiger partial charge in [-0.25, -0.2) is 15.0 Å². The lowest BCUT2D eigenvalue weighted by molar-refractivity contribution is -0.139. The van der Waals surface area contributed by atoms with Gasteiger partial charge in [0.05, 0.1) is 36.5 Å². The Hall–Kier alpha value is -3.92. The Kier molecular flexibility index (Phi) is 9.40. The summed E-state index contributed by atoms with van der Waals surface area (Å²) in [6, 6.07) is 10.6. The number of dihydropyridines is 1. The fraction of sp³-hybridized carbons (Fsp3) is 0.308. The van der Waals surface area contributed by atoms with Crippen LogP contribution >= 0.6 is 11.3 Å². The Bertz CT molecular complexity index is 1140. The average molecular weight is 512 g/mol. The first-order valence-corrected chi connectivity index (χ1v) is 12.3. The van der Waals surface area contributed by atoms with Crippen molar-refractivity contribution in [1.82, 2.24) is 10.7 Å². The van der Waals surface area contributed by atoms with E-state index in [1.165, 1.54) is 11.3 Å². The second-order valence-corrected chi connectivity index (χ2v) is 8.72. The molecule has 10 heteroatoms. The molecule has 2 heterocycles. The molecule has 36 heavy (non-hydrogen) atoms. The van der Waals surface area contributed by atoms with Crippen LogP contribution in [0.1, 0.15) is 44.1 Å². The SMILES string of the molecule is CCOC(=O)C1=C(C)NC(C)=C(C(=O)OCC)C1c1ccc(OCC(=O)N/N=C/c2cccs2)cc1. The molecule has 0 atom stereocenters. The zero-order valence-electron chi connectivity index (χ0n) is 20.6. The number of thiophene rings is 1. The second kappa shape index (κ2) is 12.7. The van der Waals surface area contributed by atoms with E-state index in [0.29, 0.717) is 33.9 Å². The first kappa shape index (κ1) is 26.7. The summed E-state index contributed by atoms with van der Waals surface area (Å²) in [6.45, 7) is 7.15. The largest absolute Gasteiger partial charge is 0.484 e. The van der Waals surface area contributed by atoms with Crippen LogP contribution in [0.15, 0.2) is 69.4 Å². The maximum atomic E-state index is 12.9. The molecule has 2 aromatic rings. The fourth-order valence-electron chi connectivity index (χ4n) is 3.76. The molecule has 0 spiro atoms. The van der Waals surface area contributed by atoms with Crippen LogP contribution in [-0.4, -0.2) is 43.9 Å². The van der Waals surface area contributed by atoms with Gasteiger partial charge in [0.15, 0.2) is 6.61 Å². The quantitative estimate of drug-likeness (QED) is 0.284. The van der Waals surface area contributed by atoms with Crippen molar-refractivity contribution in [3.05, 3.63) is 74.8 Å². The number of allylic oxidation sites excluding steroid dienone is 2. The van der Waals surface area contributed by atoms with Crippen molar-refractivity contribution in [3.63, 3.8) is 0 Å². The Morgan fingerprint density at radius 1 is 1.00 bits per heavy atom. The summed E-state index contributed by atoms with van der Waals surface area (Å²) in [4.78, 5) is 38.7. The number of hydrogen-bond acceptors (Lipinski definition) is 9. The molecule has 2 N–H and O–H groups in total. The smallest absolute Gasteiger partial charge is 0.336 e. The number of amides is 1. The van der Waals surface area contributed by atoms with E-state index in [2.05, 4.69) is 15.8 Å². The highest BCUT2D eigenvalue weighted by Gasteiger charge is 2.37. The van der Waals surface area contributed by atoms with E-state index in [9.17, 15) is 14.4 Å². The minimum absolute atomic E-state index is 0.200. The molecule has 1 amide bonds. The summed E-state index contributed by atoms with van der Waals surface area (Å²) in [5.41, 5.74) is 4.97. The van der Waals surface area contributed by atoms with Crippen molar-refractivity contribution in [1.29, 1.82) is 0 Å². The molecule has 1 aromatic heterocycles. The van der Waals surface area contributed by atoms with Crippen LogP contribution in [0.2, 0.25) is 0 Å². The molecule has 0 radical (unpaired) electrons. The van der Waals surface area contributed by atoms with Crippen LogP contribution in [-0.2, 0) is 23.9 Å². The van der Waals surface area contributed by atoms with E-state index in [1.54, 1.807) is 58.2 Å². The van der Waals surface area contributed by atoms with Crippen LogP contribution in [0.4, 0.5) is 0 Å². The summed E-state index contributed by atoms with van der Waals surface area (Å²) in [6.07, 6.45) is 1.56. The Balaban J connectivity index is 1.77. The average Bonchev–Trinajstić information content (AvgIpc) is 3.36. The van der Waals surface area contributed by atoms with Crippen LogP contribution in [0.3, 0.4) is 0 Å². The molecule has 1 aliphatic rings. The minimum Gasteiger partial charge on any atom is -0.484 e. The first-order valence-electron chi connectivity index (χ1n) is 11.5. The molecule has 9 nitrogen and oxygen atoms in total. The van der Waals surface area contributed by atoms with Gasteiger partial charge in [0.1, 0.15) is 5.75 Å². The van der Waals surface area contributed by atoms with E-state index in [4.69, 9.17) is 14.2 Å². The molecular formula is C26H29N3O6S. The summed E-state index contributed by atoms with van der Waals surface area (Å²) >= 11 is 1.51. The fourth-order valence-corrected chi connectivity index (χ4v) is 4.34. The van der Waals surface area contributed by atoms with Gasteiger partial charge in [-0.05, 0) is 56.8 Å². The van der Waals surface area contributed by atoms with Gasteiger partial charge in [0.25, 0.3) is 5.91 Å². The van der Waals surface area contributed by atoms with Crippen molar-refractivity contribution in [2.75, 3.05) is 19.8 Å². The molecule has 0 aliphatic carbocycles. The normalized spacial score (nSPS) is 14.0. The van der Waals surface area contributed by atoms with Crippen molar-refractivity contribution < 1.29 is 28.6 Å². The lowest BCUT2D eigenvalue weighted by Crippen LogP contribution is -2.32. The second-order valence-electron chi connectivity index (χ2n) is 7.74. The van der Waals surface area contributed by atoms with Gasteiger partial charge in [0, 0.05) is 16.3 Å². The number of carbonyl (C=O) groups is 3. The van der Waals surface area contributed by atoms with E-state index in [0.717, 1.165) is 4.88 Å². The third kappa shape index (κ3) is 6.60. The summed E-state index contributed by atoms with van der Waals surface area (Å²) < 4.78 is 16.1. The molecule has 0 fully saturated rings. The van der Waals surface area contributed by atoms with Gasteiger partial charge in [-0.15, -0.1) is 11.3 Å². The summed E-state index contributed by atoms with van der Waals surface area (Å²) in [5, 5.41) is 8.92. The summed E-state index contributed by atoms with van der Waals surface area (Å²) in [5.74, 6) is -1.67. The molecule has 0 saturated carbocycles. The predicted molar refractivity (Wildman–Crippen MR) is 137 cm³/mol. The highest BCUT2D eigenvalue weighted by molar-refractivity contribution is 7.11. The van der Waals surface area contributed by atoms with Gasteiger partial charge in [0.2, 0.25) is 0 Å². The van der Waals surface area contributed by atoms with Crippen molar-refractivity contribution in [2.45, 2.75) is 33.6 Å². The topological polar surface area (TPSA) is 115 Å². The number of nitrogens with one attached hydrogen (secondary N) is 2. The van der Waals surface area contributed by atoms with Crippen LogP contribution in [0, 0.1) is 0 Å². The molecule has 1 aliphatic heterocycles. The highest BCUT2D eigenvalue weighted by Crippen LogP contribution is 2.39. The lowest BCUT2D eigenvalue weighted by Gasteiger charge is -2.30. The minimum atomic E-state index is -0.687. The Morgan fingerprint density at radius 2 is 1.61 bits per heavy atom. The molecule has 1 aromatic carbocycles. The van der Waals surface area contributed by atoms with Gasteiger partial charge >= 0.3 is 11.9 Å².